The van der Waals surface area contributed by atoms with Crippen LogP contribution in [-0.2, 0) is 4.79 Å². The Hall–Kier alpha value is -2.35. The van der Waals surface area contributed by atoms with E-state index in [2.05, 4.69) is 54.7 Å². The minimum absolute atomic E-state index is 0.273. The van der Waals surface area contributed by atoms with Gasteiger partial charge in [-0.15, -0.1) is 0 Å². The number of nitrogens with zero attached hydrogens (tertiary/aromatic N) is 1. The quantitative estimate of drug-likeness (QED) is 0.726. The first kappa shape index (κ1) is 11.3. The molecule has 3 aliphatic rings. The highest BCUT2D eigenvalue weighted by molar-refractivity contribution is 5.86. The van der Waals surface area contributed by atoms with Crippen molar-refractivity contribution in [3.8, 4) is 11.1 Å². The van der Waals surface area contributed by atoms with Crippen molar-refractivity contribution in [1.82, 2.24) is 4.90 Å². The van der Waals surface area contributed by atoms with Gasteiger partial charge in [0.1, 0.15) is 0 Å². The molecule has 0 unspecified atom stereocenters. The SMILES string of the molecule is O=C1C[C@H]2CC(C3c4ccccc4-c4ccccc43)=CN12. The molecular weight excluding hydrogens is 258 g/mol. The van der Waals surface area contributed by atoms with Crippen LogP contribution in [0, 0.1) is 0 Å². The van der Waals surface area contributed by atoms with Crippen molar-refractivity contribution in [3.05, 3.63) is 71.4 Å². The molecule has 21 heavy (non-hydrogen) atoms. The Morgan fingerprint density at radius 2 is 1.48 bits per heavy atom. The molecule has 1 aliphatic carbocycles. The number of benzene rings is 2. The minimum Gasteiger partial charge on any atom is -0.315 e. The average molecular weight is 273 g/mol. The summed E-state index contributed by atoms with van der Waals surface area (Å²) in [6, 6.07) is 17.8. The molecule has 1 atom stereocenters. The van der Waals surface area contributed by atoms with Crippen LogP contribution < -0.4 is 0 Å². The first-order chi connectivity index (χ1) is 10.3. The maximum atomic E-state index is 11.6. The van der Waals surface area contributed by atoms with Crippen LogP contribution in [0.4, 0.5) is 0 Å². The van der Waals surface area contributed by atoms with E-state index in [1.807, 2.05) is 4.90 Å². The fourth-order valence-corrected chi connectivity index (χ4v) is 4.10. The summed E-state index contributed by atoms with van der Waals surface area (Å²) < 4.78 is 0. The van der Waals surface area contributed by atoms with Crippen molar-refractivity contribution in [3.63, 3.8) is 0 Å². The van der Waals surface area contributed by atoms with E-state index in [0.717, 1.165) is 12.8 Å². The third-order valence-corrected chi connectivity index (χ3v) is 5.07. The van der Waals surface area contributed by atoms with E-state index < -0.39 is 0 Å². The highest BCUT2D eigenvalue weighted by Gasteiger charge is 2.43. The standard InChI is InChI=1S/C19H15NO/c21-18-10-13-9-12(11-20(13)18)19-16-7-3-1-5-14(16)15-6-2-4-8-17(15)19/h1-8,11,13,19H,9-10H2/t13-/m1/s1. The zero-order valence-electron chi connectivity index (χ0n) is 11.6. The Bertz CT molecular complexity index is 759. The van der Waals surface area contributed by atoms with Crippen molar-refractivity contribution in [2.24, 2.45) is 0 Å². The number of rotatable bonds is 1. The number of hydrogen-bond acceptors (Lipinski definition) is 1. The zero-order valence-corrected chi connectivity index (χ0v) is 11.6. The van der Waals surface area contributed by atoms with Gasteiger partial charge in [0.15, 0.2) is 0 Å². The van der Waals surface area contributed by atoms with E-state index in [1.54, 1.807) is 0 Å². The fourth-order valence-electron chi connectivity index (χ4n) is 4.10. The normalized spacial score (nSPS) is 22.5. The van der Waals surface area contributed by atoms with Crippen LogP contribution in [0.1, 0.15) is 29.9 Å². The largest absolute Gasteiger partial charge is 0.315 e. The average Bonchev–Trinajstić information content (AvgIpc) is 3.02. The van der Waals surface area contributed by atoms with E-state index >= 15 is 0 Å². The third kappa shape index (κ3) is 1.40. The Morgan fingerprint density at radius 3 is 2.05 bits per heavy atom. The van der Waals surface area contributed by atoms with Crippen LogP contribution >= 0.6 is 0 Å². The van der Waals surface area contributed by atoms with Gasteiger partial charge in [-0.05, 0) is 34.2 Å². The summed E-state index contributed by atoms with van der Waals surface area (Å²) in [6.07, 6.45) is 3.86. The maximum absolute atomic E-state index is 11.6. The molecule has 2 nitrogen and oxygen atoms in total. The van der Waals surface area contributed by atoms with Crippen LogP contribution in [0.15, 0.2) is 60.3 Å². The minimum atomic E-state index is 0.273. The summed E-state index contributed by atoms with van der Waals surface area (Å²) in [5, 5.41) is 0. The van der Waals surface area contributed by atoms with Crippen molar-refractivity contribution in [1.29, 1.82) is 0 Å². The van der Waals surface area contributed by atoms with E-state index in [1.165, 1.54) is 27.8 Å². The first-order valence-corrected chi connectivity index (χ1v) is 7.53. The second kappa shape index (κ2) is 3.85. The molecule has 0 radical (unpaired) electrons. The lowest BCUT2D eigenvalue weighted by molar-refractivity contribution is -0.140. The second-order valence-electron chi connectivity index (χ2n) is 6.17. The highest BCUT2D eigenvalue weighted by atomic mass is 16.2. The zero-order chi connectivity index (χ0) is 14.0. The lowest BCUT2D eigenvalue weighted by Crippen LogP contribution is -2.45. The van der Waals surface area contributed by atoms with E-state index in [4.69, 9.17) is 0 Å². The van der Waals surface area contributed by atoms with Gasteiger partial charge < -0.3 is 4.90 Å². The molecule has 0 aromatic heterocycles. The van der Waals surface area contributed by atoms with Crippen LogP contribution in [0.25, 0.3) is 11.1 Å². The number of amides is 1. The molecule has 1 fully saturated rings. The number of carbonyl (C=O) groups is 1. The predicted octanol–water partition coefficient (Wildman–Crippen LogP) is 3.69. The molecule has 2 aromatic rings. The summed E-state index contributed by atoms with van der Waals surface area (Å²) >= 11 is 0. The molecule has 2 heterocycles. The maximum Gasteiger partial charge on any atom is 0.228 e. The summed E-state index contributed by atoms with van der Waals surface area (Å²) in [7, 11) is 0. The van der Waals surface area contributed by atoms with Crippen LogP contribution in [-0.4, -0.2) is 16.8 Å². The van der Waals surface area contributed by atoms with Gasteiger partial charge in [0.2, 0.25) is 5.91 Å². The van der Waals surface area contributed by atoms with Gasteiger partial charge in [-0.2, -0.15) is 0 Å². The lowest BCUT2D eigenvalue weighted by atomic mass is 9.87. The molecule has 1 amide bonds. The van der Waals surface area contributed by atoms with Crippen LogP contribution in [0.2, 0.25) is 0 Å². The first-order valence-electron chi connectivity index (χ1n) is 7.53. The highest BCUT2D eigenvalue weighted by Crippen LogP contribution is 2.51. The number of carbonyl (C=O) groups excluding carboxylic acids is 1. The summed E-state index contributed by atoms with van der Waals surface area (Å²) in [5.74, 6) is 0.602. The molecule has 0 spiro atoms. The predicted molar refractivity (Wildman–Crippen MR) is 81.7 cm³/mol. The summed E-state index contributed by atoms with van der Waals surface area (Å²) in [5.41, 5.74) is 6.86. The molecule has 2 heteroatoms. The Kier molecular flexibility index (Phi) is 2.08. The molecule has 102 valence electrons. The second-order valence-corrected chi connectivity index (χ2v) is 6.17. The Labute approximate surface area is 123 Å². The lowest BCUT2D eigenvalue weighted by Gasteiger charge is -2.32. The van der Waals surface area contributed by atoms with Crippen LogP contribution in [0.5, 0.6) is 0 Å². The van der Waals surface area contributed by atoms with Gasteiger partial charge in [-0.1, -0.05) is 48.5 Å². The summed E-state index contributed by atoms with van der Waals surface area (Å²) in [4.78, 5) is 13.6. The fraction of sp³-hybridized carbons (Fsp3) is 0.211. The smallest absolute Gasteiger partial charge is 0.228 e. The molecule has 2 aliphatic heterocycles. The number of hydrogen-bond donors (Lipinski definition) is 0. The van der Waals surface area contributed by atoms with E-state index in [-0.39, 0.29) is 5.91 Å². The molecule has 0 saturated carbocycles. The monoisotopic (exact) mass is 273 g/mol. The van der Waals surface area contributed by atoms with E-state index in [0.29, 0.717) is 12.0 Å². The molecule has 0 bridgehead atoms. The van der Waals surface area contributed by atoms with Crippen molar-refractivity contribution < 1.29 is 4.79 Å². The topological polar surface area (TPSA) is 20.3 Å². The van der Waals surface area contributed by atoms with Crippen molar-refractivity contribution in [2.45, 2.75) is 24.8 Å². The van der Waals surface area contributed by atoms with E-state index in [9.17, 15) is 4.79 Å². The van der Waals surface area contributed by atoms with Crippen LogP contribution in [0.3, 0.4) is 0 Å². The molecule has 1 saturated heterocycles. The van der Waals surface area contributed by atoms with Gasteiger partial charge in [0.05, 0.1) is 0 Å². The van der Waals surface area contributed by atoms with Gasteiger partial charge >= 0.3 is 0 Å². The number of β-lactam (4-membered cyclic amide) rings is 1. The van der Waals surface area contributed by atoms with Gasteiger partial charge in [0.25, 0.3) is 0 Å². The summed E-state index contributed by atoms with van der Waals surface area (Å²) in [6.45, 7) is 0. The molecule has 0 N–H and O–H groups in total. The number of fused-ring (bicyclic) bond motifs is 4. The van der Waals surface area contributed by atoms with Gasteiger partial charge in [-0.3, -0.25) is 4.79 Å². The third-order valence-electron chi connectivity index (χ3n) is 5.07. The molecular formula is C19H15NO. The van der Waals surface area contributed by atoms with Crippen molar-refractivity contribution in [2.75, 3.05) is 0 Å². The van der Waals surface area contributed by atoms with Gasteiger partial charge in [-0.25, -0.2) is 0 Å². The molecule has 2 aromatic carbocycles. The van der Waals surface area contributed by atoms with Crippen molar-refractivity contribution >= 4 is 5.91 Å². The molecule has 5 rings (SSSR count). The Balaban J connectivity index is 1.69. The Morgan fingerprint density at radius 1 is 0.857 bits per heavy atom. The van der Waals surface area contributed by atoms with Gasteiger partial charge in [0, 0.05) is 24.6 Å².